The molecule has 3 heteroatoms. The number of nitrogens with two attached hydrogens (primary N) is 1. The normalized spacial score (nSPS) is 29.5. The molecule has 1 fully saturated rings. The zero-order valence-electron chi connectivity index (χ0n) is 10.8. The Bertz CT molecular complexity index is 222. The van der Waals surface area contributed by atoms with Crippen molar-refractivity contribution in [2.45, 2.75) is 65.0 Å². The van der Waals surface area contributed by atoms with E-state index in [1.165, 1.54) is 12.8 Å². The van der Waals surface area contributed by atoms with Crippen LogP contribution in [0.4, 0.5) is 0 Å². The van der Waals surface area contributed by atoms with Gasteiger partial charge in [0.15, 0.2) is 0 Å². The molecule has 2 atom stereocenters. The number of carbonyl (C=O) groups is 1. The molecule has 1 amide bonds. The van der Waals surface area contributed by atoms with E-state index in [0.29, 0.717) is 6.04 Å². The molecule has 0 aromatic rings. The Kier molecular flexibility index (Phi) is 5.26. The average molecular weight is 226 g/mol. The van der Waals surface area contributed by atoms with E-state index in [1.54, 1.807) is 0 Å². The van der Waals surface area contributed by atoms with Crippen LogP contribution in [0.2, 0.25) is 0 Å². The van der Waals surface area contributed by atoms with E-state index in [-0.39, 0.29) is 17.9 Å². The van der Waals surface area contributed by atoms with Crippen LogP contribution in [0.1, 0.15) is 52.9 Å². The van der Waals surface area contributed by atoms with Crippen molar-refractivity contribution in [3.8, 4) is 0 Å². The summed E-state index contributed by atoms with van der Waals surface area (Å²) < 4.78 is 0. The van der Waals surface area contributed by atoms with Crippen molar-refractivity contribution in [2.24, 2.45) is 17.6 Å². The molecule has 0 aromatic carbocycles. The summed E-state index contributed by atoms with van der Waals surface area (Å²) in [5.74, 6) is 1.12. The van der Waals surface area contributed by atoms with Crippen LogP contribution in [-0.2, 0) is 4.79 Å². The lowest BCUT2D eigenvalue weighted by Crippen LogP contribution is -2.49. The zero-order chi connectivity index (χ0) is 12.1. The number of amides is 1. The fourth-order valence-electron chi connectivity index (χ4n) is 2.21. The number of carbonyl (C=O) groups excluding carboxylic acids is 1. The fraction of sp³-hybridized carbons (Fsp3) is 0.923. The largest absolute Gasteiger partial charge is 0.352 e. The predicted octanol–water partition coefficient (Wildman–Crippen LogP) is 2.05. The van der Waals surface area contributed by atoms with Gasteiger partial charge in [-0.2, -0.15) is 0 Å². The molecule has 0 heterocycles. The first-order valence-corrected chi connectivity index (χ1v) is 6.60. The summed E-state index contributed by atoms with van der Waals surface area (Å²) in [7, 11) is 0. The topological polar surface area (TPSA) is 55.1 Å². The first kappa shape index (κ1) is 13.5. The van der Waals surface area contributed by atoms with Crippen LogP contribution in [-0.4, -0.2) is 18.0 Å². The van der Waals surface area contributed by atoms with E-state index in [2.05, 4.69) is 19.2 Å². The van der Waals surface area contributed by atoms with Crippen molar-refractivity contribution < 1.29 is 4.79 Å². The lowest BCUT2D eigenvalue weighted by Gasteiger charge is -2.28. The van der Waals surface area contributed by atoms with Crippen molar-refractivity contribution in [3.63, 3.8) is 0 Å². The summed E-state index contributed by atoms with van der Waals surface area (Å²) in [6, 6.07) is 0.0168. The summed E-state index contributed by atoms with van der Waals surface area (Å²) in [5.41, 5.74) is 5.90. The van der Waals surface area contributed by atoms with Gasteiger partial charge in [0.05, 0.1) is 6.04 Å². The van der Waals surface area contributed by atoms with E-state index < -0.39 is 0 Å². The zero-order valence-corrected chi connectivity index (χ0v) is 10.8. The second-order valence-electron chi connectivity index (χ2n) is 5.38. The minimum atomic E-state index is -0.343. The summed E-state index contributed by atoms with van der Waals surface area (Å²) in [5, 5.41) is 3.09. The molecule has 0 radical (unpaired) electrons. The van der Waals surface area contributed by atoms with E-state index in [0.717, 1.165) is 25.2 Å². The molecular formula is C13H26N2O. The summed E-state index contributed by atoms with van der Waals surface area (Å²) in [6.45, 7) is 6.39. The van der Waals surface area contributed by atoms with Gasteiger partial charge in [-0.15, -0.1) is 0 Å². The Balaban J connectivity index is 2.33. The Morgan fingerprint density at radius 2 is 1.94 bits per heavy atom. The second-order valence-corrected chi connectivity index (χ2v) is 5.38. The molecule has 1 aliphatic rings. The molecule has 1 rings (SSSR count). The molecule has 3 N–H and O–H groups in total. The molecule has 16 heavy (non-hydrogen) atoms. The van der Waals surface area contributed by atoms with Gasteiger partial charge < -0.3 is 11.1 Å². The number of hydrogen-bond acceptors (Lipinski definition) is 2. The van der Waals surface area contributed by atoms with Gasteiger partial charge in [0, 0.05) is 6.04 Å². The van der Waals surface area contributed by atoms with E-state index >= 15 is 0 Å². The average Bonchev–Trinajstić information content (AvgIpc) is 2.30. The van der Waals surface area contributed by atoms with Crippen molar-refractivity contribution >= 4 is 5.91 Å². The van der Waals surface area contributed by atoms with Gasteiger partial charge in [0.1, 0.15) is 0 Å². The predicted molar refractivity (Wildman–Crippen MR) is 67.0 cm³/mol. The van der Waals surface area contributed by atoms with Crippen LogP contribution >= 0.6 is 0 Å². The Labute approximate surface area is 99.2 Å². The first-order valence-electron chi connectivity index (χ1n) is 6.60. The molecule has 0 unspecified atom stereocenters. The van der Waals surface area contributed by atoms with Crippen LogP contribution in [0.5, 0.6) is 0 Å². The lowest BCUT2D eigenvalue weighted by atomic mass is 9.87. The number of nitrogens with one attached hydrogen (secondary N) is 1. The maximum Gasteiger partial charge on any atom is 0.237 e. The molecule has 0 bridgehead atoms. The van der Waals surface area contributed by atoms with E-state index in [1.807, 2.05) is 6.92 Å². The van der Waals surface area contributed by atoms with Gasteiger partial charge in [-0.05, 0) is 37.5 Å². The third-order valence-corrected chi connectivity index (χ3v) is 3.92. The van der Waals surface area contributed by atoms with Crippen molar-refractivity contribution in [1.29, 1.82) is 0 Å². The summed E-state index contributed by atoms with van der Waals surface area (Å²) in [6.07, 6.45) is 5.63. The first-order chi connectivity index (χ1) is 7.54. The Morgan fingerprint density at radius 1 is 1.38 bits per heavy atom. The van der Waals surface area contributed by atoms with Crippen molar-refractivity contribution in [1.82, 2.24) is 5.32 Å². The smallest absolute Gasteiger partial charge is 0.237 e. The highest BCUT2D eigenvalue weighted by molar-refractivity contribution is 5.82. The highest BCUT2D eigenvalue weighted by Gasteiger charge is 2.24. The molecule has 94 valence electrons. The van der Waals surface area contributed by atoms with Gasteiger partial charge in [0.25, 0.3) is 0 Å². The molecule has 0 aliphatic heterocycles. The van der Waals surface area contributed by atoms with Crippen LogP contribution in [0, 0.1) is 11.8 Å². The SMILES string of the molecule is CC[C@H](C)[C@H](N)C(=O)NC1CCC(C)CC1. The highest BCUT2D eigenvalue weighted by atomic mass is 16.2. The maximum absolute atomic E-state index is 11.9. The van der Waals surface area contributed by atoms with Gasteiger partial charge in [-0.1, -0.05) is 27.2 Å². The van der Waals surface area contributed by atoms with E-state index in [9.17, 15) is 4.79 Å². The van der Waals surface area contributed by atoms with Crippen LogP contribution < -0.4 is 11.1 Å². The number of hydrogen-bond donors (Lipinski definition) is 2. The lowest BCUT2D eigenvalue weighted by molar-refractivity contribution is -0.124. The van der Waals surface area contributed by atoms with Crippen LogP contribution in [0.15, 0.2) is 0 Å². The van der Waals surface area contributed by atoms with Gasteiger partial charge in [-0.3, -0.25) is 4.79 Å². The molecule has 0 aromatic heterocycles. The minimum absolute atomic E-state index is 0.0360. The molecule has 1 aliphatic carbocycles. The van der Waals surface area contributed by atoms with Gasteiger partial charge >= 0.3 is 0 Å². The second kappa shape index (κ2) is 6.24. The monoisotopic (exact) mass is 226 g/mol. The molecule has 1 saturated carbocycles. The molecule has 0 spiro atoms. The van der Waals surface area contributed by atoms with Crippen molar-refractivity contribution in [3.05, 3.63) is 0 Å². The fourth-order valence-corrected chi connectivity index (χ4v) is 2.21. The summed E-state index contributed by atoms with van der Waals surface area (Å²) >= 11 is 0. The third kappa shape index (κ3) is 3.78. The highest BCUT2D eigenvalue weighted by Crippen LogP contribution is 2.23. The third-order valence-electron chi connectivity index (χ3n) is 3.92. The molecule has 3 nitrogen and oxygen atoms in total. The van der Waals surface area contributed by atoms with Gasteiger partial charge in [0.2, 0.25) is 5.91 Å². The Hall–Kier alpha value is -0.570. The van der Waals surface area contributed by atoms with Crippen LogP contribution in [0.25, 0.3) is 0 Å². The van der Waals surface area contributed by atoms with Crippen molar-refractivity contribution in [2.75, 3.05) is 0 Å². The molecule has 0 saturated heterocycles. The quantitative estimate of drug-likeness (QED) is 0.771. The minimum Gasteiger partial charge on any atom is -0.352 e. The maximum atomic E-state index is 11.9. The van der Waals surface area contributed by atoms with Crippen LogP contribution in [0.3, 0.4) is 0 Å². The summed E-state index contributed by atoms with van der Waals surface area (Å²) in [4.78, 5) is 11.9. The Morgan fingerprint density at radius 3 is 2.44 bits per heavy atom. The standard InChI is InChI=1S/C13H26N2O/c1-4-10(3)12(14)13(16)15-11-7-5-9(2)6-8-11/h9-12H,4-8,14H2,1-3H3,(H,15,16)/t9?,10-,11?,12-/m0/s1. The van der Waals surface area contributed by atoms with E-state index in [4.69, 9.17) is 5.73 Å². The number of rotatable bonds is 4. The van der Waals surface area contributed by atoms with Gasteiger partial charge in [-0.25, -0.2) is 0 Å². The molecular weight excluding hydrogens is 200 g/mol.